The van der Waals surface area contributed by atoms with Gasteiger partial charge in [0, 0.05) is 24.8 Å². The van der Waals surface area contributed by atoms with Gasteiger partial charge in [0.25, 0.3) is 0 Å². The van der Waals surface area contributed by atoms with Gasteiger partial charge in [0.15, 0.2) is 0 Å². The Labute approximate surface area is 150 Å². The minimum Gasteiger partial charge on any atom is -0.370 e. The molecule has 1 aliphatic carbocycles. The predicted octanol–water partition coefficient (Wildman–Crippen LogP) is 5.01. The van der Waals surface area contributed by atoms with Crippen molar-refractivity contribution in [1.82, 2.24) is 9.97 Å². The van der Waals surface area contributed by atoms with Crippen LogP contribution in [-0.4, -0.2) is 16.5 Å². The van der Waals surface area contributed by atoms with E-state index < -0.39 is 0 Å². The molecule has 2 N–H and O–H groups in total. The number of nitrogens with zero attached hydrogens (tertiary/aromatic N) is 2. The highest BCUT2D eigenvalue weighted by Gasteiger charge is 2.05. The summed E-state index contributed by atoms with van der Waals surface area (Å²) < 4.78 is 0. The first-order chi connectivity index (χ1) is 12.2. The maximum atomic E-state index is 4.60. The van der Waals surface area contributed by atoms with Crippen molar-refractivity contribution < 1.29 is 0 Å². The lowest BCUT2D eigenvalue weighted by Crippen LogP contribution is -2.09. The molecule has 0 atom stereocenters. The van der Waals surface area contributed by atoms with Crippen LogP contribution in [0.15, 0.2) is 42.0 Å². The van der Waals surface area contributed by atoms with Gasteiger partial charge in [-0.15, -0.1) is 0 Å². The van der Waals surface area contributed by atoms with E-state index in [1.807, 2.05) is 13.0 Å². The number of allylic oxidation sites excluding steroid dienone is 1. The zero-order valence-electron chi connectivity index (χ0n) is 15.3. The predicted molar refractivity (Wildman–Crippen MR) is 105 cm³/mol. The van der Waals surface area contributed by atoms with Crippen LogP contribution < -0.4 is 10.6 Å². The second-order valence-corrected chi connectivity index (χ2v) is 6.85. The van der Waals surface area contributed by atoms with Gasteiger partial charge < -0.3 is 10.6 Å². The quantitative estimate of drug-likeness (QED) is 0.698. The number of hydrogen-bond donors (Lipinski definition) is 2. The molecular weight excluding hydrogens is 308 g/mol. The Morgan fingerprint density at radius 1 is 1.04 bits per heavy atom. The van der Waals surface area contributed by atoms with Crippen molar-refractivity contribution in [3.8, 4) is 0 Å². The Kier molecular flexibility index (Phi) is 6.04. The van der Waals surface area contributed by atoms with Crippen molar-refractivity contribution in [1.29, 1.82) is 0 Å². The van der Waals surface area contributed by atoms with Gasteiger partial charge in [0.05, 0.1) is 0 Å². The maximum absolute atomic E-state index is 4.60. The average Bonchev–Trinajstić information content (AvgIpc) is 2.61. The molecule has 0 aliphatic heterocycles. The van der Waals surface area contributed by atoms with Crippen LogP contribution in [0.2, 0.25) is 0 Å². The third-order valence-corrected chi connectivity index (χ3v) is 4.52. The van der Waals surface area contributed by atoms with E-state index in [4.69, 9.17) is 0 Å². The Morgan fingerprint density at radius 3 is 2.76 bits per heavy atom. The molecule has 25 heavy (non-hydrogen) atoms. The van der Waals surface area contributed by atoms with Crippen molar-refractivity contribution in [3.63, 3.8) is 0 Å². The van der Waals surface area contributed by atoms with Gasteiger partial charge in [-0.05, 0) is 51.5 Å². The Hall–Kier alpha value is -2.36. The molecule has 0 spiro atoms. The first-order valence-electron chi connectivity index (χ1n) is 9.26. The molecule has 1 heterocycles. The van der Waals surface area contributed by atoms with Gasteiger partial charge in [-0.3, -0.25) is 0 Å². The minimum atomic E-state index is 0.681. The van der Waals surface area contributed by atoms with Gasteiger partial charge in [0.1, 0.15) is 5.82 Å². The highest BCUT2D eigenvalue weighted by atomic mass is 15.1. The van der Waals surface area contributed by atoms with Crippen molar-refractivity contribution >= 4 is 11.8 Å². The normalized spacial score (nSPS) is 14.1. The number of aromatic nitrogens is 2. The molecule has 0 fully saturated rings. The number of benzene rings is 1. The van der Waals surface area contributed by atoms with Gasteiger partial charge in [0.2, 0.25) is 5.95 Å². The lowest BCUT2D eigenvalue weighted by atomic mass is 9.97. The molecule has 1 aromatic heterocycles. The van der Waals surface area contributed by atoms with E-state index in [1.54, 1.807) is 5.57 Å². The van der Waals surface area contributed by atoms with E-state index in [0.29, 0.717) is 5.95 Å². The molecule has 2 aromatic rings. The van der Waals surface area contributed by atoms with Crippen molar-refractivity contribution in [2.45, 2.75) is 52.5 Å². The summed E-state index contributed by atoms with van der Waals surface area (Å²) >= 11 is 0. The van der Waals surface area contributed by atoms with Crippen LogP contribution in [0.1, 0.15) is 48.9 Å². The van der Waals surface area contributed by atoms with Crippen LogP contribution in [0.5, 0.6) is 0 Å². The van der Waals surface area contributed by atoms with E-state index in [2.05, 4.69) is 57.9 Å². The lowest BCUT2D eigenvalue weighted by Gasteiger charge is -2.14. The molecule has 4 nitrogen and oxygen atoms in total. The standard InChI is InChI=1S/C21H28N4/c1-16-7-6-10-19(13-16)15-23-21-24-17(2)14-20(25-21)22-12-11-18-8-4-3-5-9-18/h6-8,10,13-14H,3-5,9,11-12,15H2,1-2H3,(H2,22,23,24,25). The van der Waals surface area contributed by atoms with Crippen LogP contribution in [0.25, 0.3) is 0 Å². The molecule has 0 amide bonds. The fraction of sp³-hybridized carbons (Fsp3) is 0.429. The number of aryl methyl sites for hydroxylation is 2. The maximum Gasteiger partial charge on any atom is 0.225 e. The molecule has 0 bridgehead atoms. The minimum absolute atomic E-state index is 0.681. The molecule has 1 aromatic carbocycles. The Bertz CT molecular complexity index is 736. The Morgan fingerprint density at radius 2 is 1.96 bits per heavy atom. The van der Waals surface area contributed by atoms with Gasteiger partial charge in [-0.25, -0.2) is 4.98 Å². The summed E-state index contributed by atoms with van der Waals surface area (Å²) in [4.78, 5) is 9.10. The molecule has 0 radical (unpaired) electrons. The van der Waals surface area contributed by atoms with Crippen molar-refractivity contribution in [2.75, 3.05) is 17.2 Å². The summed E-state index contributed by atoms with van der Waals surface area (Å²) in [7, 11) is 0. The number of rotatable bonds is 7. The van der Waals surface area contributed by atoms with E-state index in [1.165, 1.54) is 36.8 Å². The van der Waals surface area contributed by atoms with Crippen LogP contribution in [0, 0.1) is 13.8 Å². The van der Waals surface area contributed by atoms with Crippen LogP contribution in [0.4, 0.5) is 11.8 Å². The molecule has 3 rings (SSSR count). The summed E-state index contributed by atoms with van der Waals surface area (Å²) in [5, 5.41) is 6.78. The fourth-order valence-electron chi connectivity index (χ4n) is 3.22. The largest absolute Gasteiger partial charge is 0.370 e. The molecular formula is C21H28N4. The highest BCUT2D eigenvalue weighted by Crippen LogP contribution is 2.20. The lowest BCUT2D eigenvalue weighted by molar-refractivity contribution is 0.679. The molecule has 132 valence electrons. The van der Waals surface area contributed by atoms with Crippen molar-refractivity contribution in [3.05, 3.63) is 58.8 Å². The topological polar surface area (TPSA) is 49.8 Å². The zero-order valence-corrected chi connectivity index (χ0v) is 15.3. The Balaban J connectivity index is 1.55. The van der Waals surface area contributed by atoms with Crippen LogP contribution in [-0.2, 0) is 6.54 Å². The molecule has 0 saturated heterocycles. The SMILES string of the molecule is Cc1cccc(CNc2nc(C)cc(NCCC3=CCCCC3)n2)c1. The van der Waals surface area contributed by atoms with Gasteiger partial charge in [-0.1, -0.05) is 41.5 Å². The summed E-state index contributed by atoms with van der Waals surface area (Å²) in [6, 6.07) is 10.5. The van der Waals surface area contributed by atoms with Crippen molar-refractivity contribution in [2.24, 2.45) is 0 Å². The monoisotopic (exact) mass is 336 g/mol. The first kappa shape index (κ1) is 17.5. The van der Waals surface area contributed by atoms with E-state index in [-0.39, 0.29) is 0 Å². The number of hydrogen-bond acceptors (Lipinski definition) is 4. The van der Waals surface area contributed by atoms with Gasteiger partial charge >= 0.3 is 0 Å². The molecule has 0 unspecified atom stereocenters. The second-order valence-electron chi connectivity index (χ2n) is 6.85. The smallest absolute Gasteiger partial charge is 0.225 e. The third kappa shape index (κ3) is 5.59. The van der Waals surface area contributed by atoms with Crippen LogP contribution in [0.3, 0.4) is 0 Å². The fourth-order valence-corrected chi connectivity index (χ4v) is 3.22. The number of nitrogens with one attached hydrogen (secondary N) is 2. The summed E-state index contributed by atoms with van der Waals surface area (Å²) in [5.74, 6) is 1.58. The summed E-state index contributed by atoms with van der Waals surface area (Å²) in [6.07, 6.45) is 8.70. The highest BCUT2D eigenvalue weighted by molar-refractivity contribution is 5.42. The molecule has 4 heteroatoms. The second kappa shape index (κ2) is 8.65. The van der Waals surface area contributed by atoms with E-state index >= 15 is 0 Å². The molecule has 1 aliphatic rings. The summed E-state index contributed by atoms with van der Waals surface area (Å²) in [6.45, 7) is 5.78. The zero-order chi connectivity index (χ0) is 17.5. The van der Waals surface area contributed by atoms with E-state index in [9.17, 15) is 0 Å². The number of anilines is 2. The van der Waals surface area contributed by atoms with E-state index in [0.717, 1.165) is 31.0 Å². The summed E-state index contributed by atoms with van der Waals surface area (Å²) in [5.41, 5.74) is 5.07. The van der Waals surface area contributed by atoms with Crippen LogP contribution >= 0.6 is 0 Å². The first-order valence-corrected chi connectivity index (χ1v) is 9.26. The van der Waals surface area contributed by atoms with Gasteiger partial charge in [-0.2, -0.15) is 4.98 Å². The average molecular weight is 336 g/mol. The molecule has 0 saturated carbocycles. The third-order valence-electron chi connectivity index (χ3n) is 4.52.